The van der Waals surface area contributed by atoms with E-state index in [4.69, 9.17) is 9.47 Å². The number of carbonyl (C=O) groups excluding carboxylic acids is 1. The van der Waals surface area contributed by atoms with Crippen LogP contribution in [-0.2, 0) is 4.79 Å². The van der Waals surface area contributed by atoms with E-state index in [1.165, 1.54) is 0 Å². The van der Waals surface area contributed by atoms with E-state index in [9.17, 15) is 4.79 Å². The van der Waals surface area contributed by atoms with E-state index in [0.29, 0.717) is 17.1 Å². The molecule has 0 saturated heterocycles. The number of amides is 1. The van der Waals surface area contributed by atoms with Gasteiger partial charge in [0.2, 0.25) is 0 Å². The number of benzene rings is 2. The third-order valence-corrected chi connectivity index (χ3v) is 3.46. The molecular formula is C17H15NO3. The molecule has 0 unspecified atom stereocenters. The van der Waals surface area contributed by atoms with Crippen LogP contribution in [-0.4, -0.2) is 20.1 Å². The molecule has 3 rings (SSSR count). The fourth-order valence-corrected chi connectivity index (χ4v) is 2.45. The summed E-state index contributed by atoms with van der Waals surface area (Å²) < 4.78 is 10.7. The SMILES string of the molecule is COc1cccc(OC)c1/C=C1/C(=O)Nc2ccccc21. The second-order valence-corrected chi connectivity index (χ2v) is 4.63. The zero-order chi connectivity index (χ0) is 14.8. The quantitative estimate of drug-likeness (QED) is 0.879. The van der Waals surface area contributed by atoms with Crippen molar-refractivity contribution in [3.63, 3.8) is 0 Å². The molecule has 1 amide bonds. The Labute approximate surface area is 123 Å². The van der Waals surface area contributed by atoms with Crippen LogP contribution in [0.1, 0.15) is 11.1 Å². The lowest BCUT2D eigenvalue weighted by atomic mass is 10.0. The molecule has 0 atom stereocenters. The predicted molar refractivity (Wildman–Crippen MR) is 82.5 cm³/mol. The van der Waals surface area contributed by atoms with Gasteiger partial charge in [-0.2, -0.15) is 0 Å². The lowest BCUT2D eigenvalue weighted by Gasteiger charge is -2.10. The first-order valence-electron chi connectivity index (χ1n) is 6.58. The molecule has 4 heteroatoms. The first-order chi connectivity index (χ1) is 10.2. The molecule has 0 radical (unpaired) electrons. The molecule has 0 aromatic heterocycles. The van der Waals surface area contributed by atoms with E-state index < -0.39 is 0 Å². The van der Waals surface area contributed by atoms with Crippen LogP contribution >= 0.6 is 0 Å². The van der Waals surface area contributed by atoms with Crippen LogP contribution in [0.15, 0.2) is 42.5 Å². The van der Waals surface area contributed by atoms with Crippen molar-refractivity contribution in [3.05, 3.63) is 53.6 Å². The Hall–Kier alpha value is -2.75. The van der Waals surface area contributed by atoms with Crippen molar-refractivity contribution in [2.75, 3.05) is 19.5 Å². The summed E-state index contributed by atoms with van der Waals surface area (Å²) >= 11 is 0. The second-order valence-electron chi connectivity index (χ2n) is 4.63. The molecule has 2 aromatic rings. The van der Waals surface area contributed by atoms with E-state index in [1.54, 1.807) is 20.3 Å². The van der Waals surface area contributed by atoms with Crippen LogP contribution in [0.3, 0.4) is 0 Å². The summed E-state index contributed by atoms with van der Waals surface area (Å²) in [6.07, 6.45) is 1.80. The molecule has 0 saturated carbocycles. The van der Waals surface area contributed by atoms with Gasteiger partial charge in [0.1, 0.15) is 11.5 Å². The summed E-state index contributed by atoms with van der Waals surface area (Å²) in [4.78, 5) is 12.2. The number of anilines is 1. The number of nitrogens with one attached hydrogen (secondary N) is 1. The van der Waals surface area contributed by atoms with E-state index >= 15 is 0 Å². The molecule has 0 fully saturated rings. The second kappa shape index (κ2) is 5.32. The normalized spacial score (nSPS) is 14.8. The maximum absolute atomic E-state index is 12.2. The number of fused-ring (bicyclic) bond motifs is 1. The number of para-hydroxylation sites is 1. The minimum absolute atomic E-state index is 0.121. The summed E-state index contributed by atoms with van der Waals surface area (Å²) in [5.74, 6) is 1.21. The average molecular weight is 281 g/mol. The fraction of sp³-hybridized carbons (Fsp3) is 0.118. The van der Waals surface area contributed by atoms with Gasteiger partial charge >= 0.3 is 0 Å². The first-order valence-corrected chi connectivity index (χ1v) is 6.58. The van der Waals surface area contributed by atoms with E-state index in [1.807, 2.05) is 42.5 Å². The van der Waals surface area contributed by atoms with Gasteiger partial charge in [0.25, 0.3) is 5.91 Å². The van der Waals surface area contributed by atoms with Crippen molar-refractivity contribution in [1.29, 1.82) is 0 Å². The fourth-order valence-electron chi connectivity index (χ4n) is 2.45. The van der Waals surface area contributed by atoms with Gasteiger partial charge in [-0.1, -0.05) is 24.3 Å². The highest BCUT2D eigenvalue weighted by Gasteiger charge is 2.24. The highest BCUT2D eigenvalue weighted by Crippen LogP contribution is 2.37. The molecule has 1 aliphatic rings. The highest BCUT2D eigenvalue weighted by molar-refractivity contribution is 6.35. The van der Waals surface area contributed by atoms with Crippen molar-refractivity contribution >= 4 is 23.2 Å². The average Bonchev–Trinajstić information content (AvgIpc) is 2.83. The molecule has 2 aromatic carbocycles. The Morgan fingerprint density at radius 1 is 0.952 bits per heavy atom. The van der Waals surface area contributed by atoms with Crippen LogP contribution in [0.25, 0.3) is 11.6 Å². The number of hydrogen-bond acceptors (Lipinski definition) is 3. The van der Waals surface area contributed by atoms with Gasteiger partial charge in [0.15, 0.2) is 0 Å². The number of ether oxygens (including phenoxy) is 2. The van der Waals surface area contributed by atoms with Crippen molar-refractivity contribution in [1.82, 2.24) is 0 Å². The topological polar surface area (TPSA) is 47.6 Å². The molecule has 4 nitrogen and oxygen atoms in total. The van der Waals surface area contributed by atoms with Crippen LogP contribution in [0, 0.1) is 0 Å². The molecule has 0 aliphatic carbocycles. The van der Waals surface area contributed by atoms with Crippen LogP contribution in [0.5, 0.6) is 11.5 Å². The minimum Gasteiger partial charge on any atom is -0.496 e. The largest absolute Gasteiger partial charge is 0.496 e. The molecule has 0 spiro atoms. The predicted octanol–water partition coefficient (Wildman–Crippen LogP) is 3.20. The van der Waals surface area contributed by atoms with Crippen molar-refractivity contribution in [3.8, 4) is 11.5 Å². The summed E-state index contributed by atoms with van der Waals surface area (Å²) in [7, 11) is 3.19. The van der Waals surface area contributed by atoms with Gasteiger partial charge in [-0.3, -0.25) is 4.79 Å². The highest BCUT2D eigenvalue weighted by atomic mass is 16.5. The van der Waals surface area contributed by atoms with Crippen LogP contribution in [0.4, 0.5) is 5.69 Å². The van der Waals surface area contributed by atoms with Crippen molar-refractivity contribution in [2.24, 2.45) is 0 Å². The standard InChI is InChI=1S/C17H15NO3/c1-20-15-8-5-9-16(21-2)13(15)10-12-11-6-3-4-7-14(11)18-17(12)19/h3-10H,1-2H3,(H,18,19)/b12-10+. The van der Waals surface area contributed by atoms with Gasteiger partial charge in [-0.05, 0) is 24.3 Å². The van der Waals surface area contributed by atoms with E-state index in [0.717, 1.165) is 16.8 Å². The Kier molecular flexibility index (Phi) is 3.36. The number of methoxy groups -OCH3 is 2. The summed E-state index contributed by atoms with van der Waals surface area (Å²) in [6.45, 7) is 0. The van der Waals surface area contributed by atoms with Gasteiger partial charge in [-0.15, -0.1) is 0 Å². The van der Waals surface area contributed by atoms with Gasteiger partial charge in [0.05, 0.1) is 19.8 Å². The number of rotatable bonds is 3. The summed E-state index contributed by atoms with van der Waals surface area (Å²) in [5.41, 5.74) is 3.07. The molecule has 21 heavy (non-hydrogen) atoms. The smallest absolute Gasteiger partial charge is 0.256 e. The van der Waals surface area contributed by atoms with Gasteiger partial charge < -0.3 is 14.8 Å². The number of carbonyl (C=O) groups is 1. The molecular weight excluding hydrogens is 266 g/mol. The maximum atomic E-state index is 12.2. The van der Waals surface area contributed by atoms with E-state index in [2.05, 4.69) is 5.32 Å². The van der Waals surface area contributed by atoms with E-state index in [-0.39, 0.29) is 5.91 Å². The molecule has 1 aliphatic heterocycles. The number of hydrogen-bond donors (Lipinski definition) is 1. The van der Waals surface area contributed by atoms with Crippen molar-refractivity contribution in [2.45, 2.75) is 0 Å². The third-order valence-electron chi connectivity index (χ3n) is 3.46. The van der Waals surface area contributed by atoms with Crippen molar-refractivity contribution < 1.29 is 14.3 Å². The van der Waals surface area contributed by atoms with Crippen LogP contribution < -0.4 is 14.8 Å². The lowest BCUT2D eigenvalue weighted by molar-refractivity contribution is -0.110. The molecule has 1 N–H and O–H groups in total. The third kappa shape index (κ3) is 2.25. The maximum Gasteiger partial charge on any atom is 0.256 e. The summed E-state index contributed by atoms with van der Waals surface area (Å²) in [6, 6.07) is 13.1. The molecule has 106 valence electrons. The molecule has 1 heterocycles. The van der Waals surface area contributed by atoms with Crippen LogP contribution in [0.2, 0.25) is 0 Å². The minimum atomic E-state index is -0.121. The Morgan fingerprint density at radius 3 is 2.29 bits per heavy atom. The van der Waals surface area contributed by atoms with Gasteiger partial charge in [0, 0.05) is 16.8 Å². The Morgan fingerprint density at radius 2 is 1.62 bits per heavy atom. The summed E-state index contributed by atoms with van der Waals surface area (Å²) in [5, 5.41) is 2.85. The lowest BCUT2D eigenvalue weighted by Crippen LogP contribution is -2.04. The first kappa shape index (κ1) is 13.2. The zero-order valence-corrected chi connectivity index (χ0v) is 11.8. The Bertz CT molecular complexity index is 712. The monoisotopic (exact) mass is 281 g/mol. The molecule has 0 bridgehead atoms. The van der Waals surface area contributed by atoms with Gasteiger partial charge in [-0.25, -0.2) is 0 Å². The Balaban J connectivity index is 2.17. The zero-order valence-electron chi connectivity index (χ0n) is 11.8.